The maximum absolute atomic E-state index is 11.6. The lowest BCUT2D eigenvalue weighted by Crippen LogP contribution is -2.18. The maximum atomic E-state index is 11.6. The minimum Gasteiger partial charge on any atom is -0.364 e. The molecule has 1 heterocycles. The Morgan fingerprint density at radius 3 is 2.81 bits per heavy atom. The molecular formula is C28H29N7O. The van der Waals surface area contributed by atoms with Gasteiger partial charge in [0.1, 0.15) is 6.17 Å². The van der Waals surface area contributed by atoms with E-state index in [2.05, 4.69) is 86.8 Å². The summed E-state index contributed by atoms with van der Waals surface area (Å²) in [7, 11) is 0. The molecule has 8 heteroatoms. The summed E-state index contributed by atoms with van der Waals surface area (Å²) in [5.74, 6) is 0.0774. The van der Waals surface area contributed by atoms with Gasteiger partial charge in [0, 0.05) is 22.4 Å². The molecule has 0 saturated carbocycles. The van der Waals surface area contributed by atoms with Crippen molar-refractivity contribution in [3.63, 3.8) is 0 Å². The van der Waals surface area contributed by atoms with Gasteiger partial charge in [-0.3, -0.25) is 9.48 Å². The number of nitrogens with zero attached hydrogens (tertiary/aromatic N) is 4. The monoisotopic (exact) mass is 479 g/mol. The average molecular weight is 480 g/mol. The van der Waals surface area contributed by atoms with E-state index in [9.17, 15) is 4.79 Å². The van der Waals surface area contributed by atoms with Gasteiger partial charge in [-0.2, -0.15) is 5.10 Å². The molecule has 8 nitrogen and oxygen atoms in total. The van der Waals surface area contributed by atoms with Crippen LogP contribution < -0.4 is 16.0 Å². The van der Waals surface area contributed by atoms with Gasteiger partial charge in [-0.15, -0.1) is 0 Å². The predicted molar refractivity (Wildman–Crippen MR) is 150 cm³/mol. The fourth-order valence-electron chi connectivity index (χ4n) is 3.77. The number of hydrogen-bond acceptors (Lipinski definition) is 4. The first-order valence-electron chi connectivity index (χ1n) is 11.6. The van der Waals surface area contributed by atoms with Crippen molar-refractivity contribution in [2.45, 2.75) is 26.1 Å². The number of carbonyl (C=O) groups excluding carboxylic acids is 1. The molecule has 0 bridgehead atoms. The zero-order valence-electron chi connectivity index (χ0n) is 20.2. The Morgan fingerprint density at radius 2 is 2.00 bits per heavy atom. The van der Waals surface area contributed by atoms with Crippen molar-refractivity contribution in [1.82, 2.24) is 9.78 Å². The number of benzene rings is 2. The Bertz CT molecular complexity index is 1390. The van der Waals surface area contributed by atoms with Gasteiger partial charge in [-0.1, -0.05) is 43.0 Å². The molecule has 0 spiro atoms. The zero-order chi connectivity index (χ0) is 25.3. The molecule has 2 aromatic carbocycles. The number of aromatic nitrogens is 2. The standard InChI is InChI=1S/C28H29N7O/c1-4-27(36)33-23-12-9-13-24(17-23)34-28(29-3)32-20(2)31-25-14-15-26-22(16-25)18-30-35(26)19-21-10-7-5-6-8-11-21/h4-5,7-18,20,31H,1,3,6,19H2,2H3,(H,32,34)(H,33,36). The van der Waals surface area contributed by atoms with E-state index in [0.717, 1.165) is 35.2 Å². The van der Waals surface area contributed by atoms with Crippen molar-refractivity contribution in [2.24, 2.45) is 9.98 Å². The smallest absolute Gasteiger partial charge is 0.247 e. The molecule has 4 rings (SSSR count). The van der Waals surface area contributed by atoms with Crippen molar-refractivity contribution < 1.29 is 4.79 Å². The van der Waals surface area contributed by atoms with E-state index in [1.54, 1.807) is 12.1 Å². The summed E-state index contributed by atoms with van der Waals surface area (Å²) >= 11 is 0. The Hall–Kier alpha value is -4.72. The van der Waals surface area contributed by atoms with Gasteiger partial charge in [0.25, 0.3) is 0 Å². The van der Waals surface area contributed by atoms with E-state index < -0.39 is 0 Å². The summed E-state index contributed by atoms with van der Waals surface area (Å²) in [5, 5.41) is 14.9. The van der Waals surface area contributed by atoms with Gasteiger partial charge in [-0.05, 0) is 68.1 Å². The quantitative estimate of drug-likeness (QED) is 0.225. The molecular weight excluding hydrogens is 450 g/mol. The number of guanidine groups is 1. The number of anilines is 3. The second-order valence-electron chi connectivity index (χ2n) is 8.21. The van der Waals surface area contributed by atoms with Crippen LogP contribution in [0.15, 0.2) is 107 Å². The number of allylic oxidation sites excluding steroid dienone is 6. The minimum absolute atomic E-state index is 0.276. The minimum atomic E-state index is -0.279. The van der Waals surface area contributed by atoms with Crippen LogP contribution in [0.3, 0.4) is 0 Å². The van der Waals surface area contributed by atoms with Crippen molar-refractivity contribution >= 4 is 46.5 Å². The lowest BCUT2D eigenvalue weighted by Gasteiger charge is -2.14. The molecule has 1 amide bonds. The van der Waals surface area contributed by atoms with Gasteiger partial charge < -0.3 is 16.0 Å². The summed E-state index contributed by atoms with van der Waals surface area (Å²) in [4.78, 5) is 20.1. The second-order valence-corrected chi connectivity index (χ2v) is 8.21. The van der Waals surface area contributed by atoms with Crippen LogP contribution in [0.2, 0.25) is 0 Å². The highest BCUT2D eigenvalue weighted by Gasteiger charge is 2.08. The van der Waals surface area contributed by atoms with Gasteiger partial charge in [0.2, 0.25) is 11.9 Å². The summed E-state index contributed by atoms with van der Waals surface area (Å²) in [5.41, 5.74) is 4.56. The lowest BCUT2D eigenvalue weighted by atomic mass is 10.2. The number of fused-ring (bicyclic) bond motifs is 1. The molecule has 182 valence electrons. The van der Waals surface area contributed by atoms with Crippen LogP contribution in [0, 0.1) is 0 Å². The molecule has 3 N–H and O–H groups in total. The largest absolute Gasteiger partial charge is 0.364 e. The van der Waals surface area contributed by atoms with Crippen LogP contribution in [0.25, 0.3) is 10.9 Å². The number of nitrogens with one attached hydrogen (secondary N) is 3. The van der Waals surface area contributed by atoms with Crippen molar-refractivity contribution in [1.29, 1.82) is 0 Å². The molecule has 3 aromatic rings. The molecule has 1 unspecified atom stereocenters. The van der Waals surface area contributed by atoms with E-state index in [-0.39, 0.29) is 12.1 Å². The molecule has 36 heavy (non-hydrogen) atoms. The first kappa shape index (κ1) is 24.4. The summed E-state index contributed by atoms with van der Waals surface area (Å²) < 4.78 is 2.01. The lowest BCUT2D eigenvalue weighted by molar-refractivity contribution is -0.111. The Labute approximate surface area is 210 Å². The first-order valence-corrected chi connectivity index (χ1v) is 11.6. The summed E-state index contributed by atoms with van der Waals surface area (Å²) in [6.07, 6.45) is 14.4. The highest BCUT2D eigenvalue weighted by Crippen LogP contribution is 2.21. The summed E-state index contributed by atoms with van der Waals surface area (Å²) in [6.45, 7) is 9.73. The normalized spacial score (nSPS) is 14.0. The number of hydrogen-bond donors (Lipinski definition) is 3. The first-order chi connectivity index (χ1) is 17.5. The van der Waals surface area contributed by atoms with E-state index in [4.69, 9.17) is 0 Å². The third-order valence-corrected chi connectivity index (χ3v) is 5.44. The zero-order valence-corrected chi connectivity index (χ0v) is 20.2. The van der Waals surface area contributed by atoms with Crippen LogP contribution in [0.5, 0.6) is 0 Å². The second kappa shape index (κ2) is 11.6. The van der Waals surface area contributed by atoms with Gasteiger partial charge >= 0.3 is 0 Å². The van der Waals surface area contributed by atoms with Gasteiger partial charge in [-0.25, -0.2) is 9.98 Å². The van der Waals surface area contributed by atoms with Gasteiger partial charge in [0.05, 0.1) is 18.3 Å². The van der Waals surface area contributed by atoms with Crippen molar-refractivity contribution in [3.05, 3.63) is 97.3 Å². The molecule has 0 aliphatic heterocycles. The third kappa shape index (κ3) is 6.44. The topological polar surface area (TPSA) is 95.7 Å². The van der Waals surface area contributed by atoms with Crippen LogP contribution >= 0.6 is 0 Å². The molecule has 1 aliphatic rings. The fraction of sp³-hybridized carbons (Fsp3) is 0.143. The van der Waals surface area contributed by atoms with E-state index in [1.807, 2.05) is 36.0 Å². The van der Waals surface area contributed by atoms with Crippen LogP contribution in [-0.2, 0) is 11.3 Å². The van der Waals surface area contributed by atoms with Crippen molar-refractivity contribution in [3.8, 4) is 0 Å². The van der Waals surface area contributed by atoms with E-state index in [0.29, 0.717) is 11.6 Å². The molecule has 1 aliphatic carbocycles. The maximum Gasteiger partial charge on any atom is 0.247 e. The highest BCUT2D eigenvalue weighted by molar-refractivity contribution is 6.00. The number of amides is 1. The molecule has 0 radical (unpaired) electrons. The SMILES string of the molecule is C=CC(=O)Nc1cccc(N/C(N=C)=N/C(C)Nc2ccc3c(cnn3CC3=CC=CCC=C3)c2)c1. The average Bonchev–Trinajstić information content (AvgIpc) is 3.08. The molecule has 1 aromatic heterocycles. The van der Waals surface area contributed by atoms with E-state index in [1.165, 1.54) is 11.6 Å². The number of carbonyl (C=O) groups is 1. The Kier molecular flexibility index (Phi) is 7.87. The van der Waals surface area contributed by atoms with Gasteiger partial charge in [0.15, 0.2) is 0 Å². The molecule has 0 saturated heterocycles. The Morgan fingerprint density at radius 1 is 1.17 bits per heavy atom. The number of aliphatic imine (C=N–C) groups is 2. The predicted octanol–water partition coefficient (Wildman–Crippen LogP) is 5.53. The Balaban J connectivity index is 1.42. The van der Waals surface area contributed by atoms with Crippen LogP contribution in [0.4, 0.5) is 17.1 Å². The van der Waals surface area contributed by atoms with Crippen molar-refractivity contribution in [2.75, 3.05) is 16.0 Å². The molecule has 1 atom stereocenters. The van der Waals surface area contributed by atoms with Crippen LogP contribution in [-0.4, -0.2) is 34.5 Å². The van der Waals surface area contributed by atoms with E-state index >= 15 is 0 Å². The summed E-state index contributed by atoms with van der Waals surface area (Å²) in [6, 6.07) is 13.4. The van der Waals surface area contributed by atoms with Crippen LogP contribution in [0.1, 0.15) is 13.3 Å². The highest BCUT2D eigenvalue weighted by atomic mass is 16.1. The third-order valence-electron chi connectivity index (χ3n) is 5.44. The molecule has 0 fully saturated rings. The number of rotatable bonds is 8. The fourth-order valence-corrected chi connectivity index (χ4v) is 3.77.